The third-order valence-corrected chi connectivity index (χ3v) is 5.89. The Kier molecular flexibility index (Phi) is 6.37. The van der Waals surface area contributed by atoms with E-state index in [0.717, 1.165) is 19.6 Å². The van der Waals surface area contributed by atoms with Crippen LogP contribution in [0.25, 0.3) is 16.9 Å². The third-order valence-electron chi connectivity index (χ3n) is 5.15. The van der Waals surface area contributed by atoms with E-state index < -0.39 is 5.82 Å². The van der Waals surface area contributed by atoms with Gasteiger partial charge in [0.1, 0.15) is 11.5 Å². The van der Waals surface area contributed by atoms with E-state index in [4.69, 9.17) is 23.2 Å². The Morgan fingerprint density at radius 1 is 1.07 bits per heavy atom. The molecule has 1 saturated heterocycles. The number of carbonyl (C=O) groups is 1. The Hall–Kier alpha value is -2.41. The molecular formula is C22H21Cl2FN4O. The summed E-state index contributed by atoms with van der Waals surface area (Å²) in [7, 11) is 0. The molecule has 1 N–H and O–H groups in total. The summed E-state index contributed by atoms with van der Waals surface area (Å²) in [6.45, 7) is 3.45. The predicted molar refractivity (Wildman–Crippen MR) is 117 cm³/mol. The first-order valence-corrected chi connectivity index (χ1v) is 10.6. The van der Waals surface area contributed by atoms with Crippen LogP contribution in [0.4, 0.5) is 4.39 Å². The van der Waals surface area contributed by atoms with Gasteiger partial charge in [0, 0.05) is 18.7 Å². The number of aromatic nitrogens is 2. The van der Waals surface area contributed by atoms with Crippen molar-refractivity contribution in [2.75, 3.05) is 26.2 Å². The maximum Gasteiger partial charge on any atom is 0.270 e. The van der Waals surface area contributed by atoms with Crippen LogP contribution < -0.4 is 5.32 Å². The van der Waals surface area contributed by atoms with Crippen LogP contribution in [0, 0.1) is 5.82 Å². The molecular weight excluding hydrogens is 426 g/mol. The number of rotatable bonds is 6. The Balaban J connectivity index is 1.65. The van der Waals surface area contributed by atoms with Crippen molar-refractivity contribution in [2.24, 2.45) is 0 Å². The van der Waals surface area contributed by atoms with Gasteiger partial charge in [-0.25, -0.2) is 9.07 Å². The zero-order valence-electron chi connectivity index (χ0n) is 16.2. The van der Waals surface area contributed by atoms with Crippen molar-refractivity contribution in [1.29, 1.82) is 0 Å². The maximum absolute atomic E-state index is 14.3. The minimum absolute atomic E-state index is 0.282. The van der Waals surface area contributed by atoms with E-state index in [1.807, 2.05) is 0 Å². The predicted octanol–water partition coefficient (Wildman–Crippen LogP) is 4.81. The normalized spacial score (nSPS) is 14.2. The van der Waals surface area contributed by atoms with Gasteiger partial charge in [-0.2, -0.15) is 5.10 Å². The van der Waals surface area contributed by atoms with Crippen molar-refractivity contribution < 1.29 is 9.18 Å². The molecule has 4 rings (SSSR count). The van der Waals surface area contributed by atoms with Gasteiger partial charge in [0.25, 0.3) is 5.91 Å². The summed E-state index contributed by atoms with van der Waals surface area (Å²) in [6, 6.07) is 12.9. The lowest BCUT2D eigenvalue weighted by molar-refractivity contribution is 0.0942. The topological polar surface area (TPSA) is 50.2 Å². The number of carbonyl (C=O) groups excluding carboxylic acids is 1. The Labute approximate surface area is 184 Å². The average molecular weight is 447 g/mol. The minimum atomic E-state index is -0.405. The van der Waals surface area contributed by atoms with Crippen LogP contribution in [0.5, 0.6) is 0 Å². The van der Waals surface area contributed by atoms with Gasteiger partial charge in [0.15, 0.2) is 0 Å². The highest BCUT2D eigenvalue weighted by Crippen LogP contribution is 2.28. The monoisotopic (exact) mass is 446 g/mol. The van der Waals surface area contributed by atoms with E-state index in [9.17, 15) is 9.18 Å². The molecule has 0 atom stereocenters. The first-order valence-electron chi connectivity index (χ1n) is 9.84. The number of nitrogens with one attached hydrogen (secondary N) is 1. The number of hydrogen-bond acceptors (Lipinski definition) is 3. The van der Waals surface area contributed by atoms with Crippen molar-refractivity contribution in [1.82, 2.24) is 20.0 Å². The van der Waals surface area contributed by atoms with Crippen LogP contribution >= 0.6 is 23.2 Å². The van der Waals surface area contributed by atoms with Crippen LogP contribution in [0.15, 0.2) is 48.5 Å². The molecule has 8 heteroatoms. The number of benzene rings is 2. The molecule has 1 aliphatic rings. The highest BCUT2D eigenvalue weighted by atomic mass is 35.5. The van der Waals surface area contributed by atoms with Gasteiger partial charge < -0.3 is 10.2 Å². The van der Waals surface area contributed by atoms with Crippen molar-refractivity contribution in [3.05, 3.63) is 70.1 Å². The third kappa shape index (κ3) is 4.51. The van der Waals surface area contributed by atoms with E-state index in [1.54, 1.807) is 42.5 Å². The van der Waals surface area contributed by atoms with Crippen LogP contribution in [-0.2, 0) is 0 Å². The Bertz CT molecular complexity index is 1060. The summed E-state index contributed by atoms with van der Waals surface area (Å²) >= 11 is 12.2. The first-order chi connectivity index (χ1) is 14.5. The fourth-order valence-electron chi connectivity index (χ4n) is 3.58. The first kappa shape index (κ1) is 20.8. The molecule has 2 aromatic carbocycles. The Morgan fingerprint density at radius 3 is 2.57 bits per heavy atom. The summed E-state index contributed by atoms with van der Waals surface area (Å²) in [5.74, 6) is -0.687. The van der Waals surface area contributed by atoms with Gasteiger partial charge in [0.2, 0.25) is 0 Å². The summed E-state index contributed by atoms with van der Waals surface area (Å²) in [5, 5.41) is 8.19. The fraction of sp³-hybridized carbons (Fsp3) is 0.273. The molecule has 0 bridgehead atoms. The molecule has 1 fully saturated rings. The van der Waals surface area contributed by atoms with Crippen molar-refractivity contribution in [2.45, 2.75) is 12.8 Å². The molecule has 0 saturated carbocycles. The van der Waals surface area contributed by atoms with Crippen LogP contribution in [-0.4, -0.2) is 46.8 Å². The van der Waals surface area contributed by atoms with Gasteiger partial charge in [-0.15, -0.1) is 0 Å². The van der Waals surface area contributed by atoms with E-state index in [-0.39, 0.29) is 5.91 Å². The largest absolute Gasteiger partial charge is 0.349 e. The molecule has 0 aliphatic carbocycles. The zero-order valence-corrected chi connectivity index (χ0v) is 17.8. The maximum atomic E-state index is 14.3. The molecule has 5 nitrogen and oxygen atoms in total. The van der Waals surface area contributed by atoms with Gasteiger partial charge in [0.05, 0.1) is 21.4 Å². The smallest absolute Gasteiger partial charge is 0.270 e. The van der Waals surface area contributed by atoms with Crippen LogP contribution in [0.3, 0.4) is 0 Å². The summed E-state index contributed by atoms with van der Waals surface area (Å²) in [5.41, 5.74) is 1.55. The molecule has 156 valence electrons. The molecule has 2 heterocycles. The molecule has 1 amide bonds. The molecule has 30 heavy (non-hydrogen) atoms. The summed E-state index contributed by atoms with van der Waals surface area (Å²) in [4.78, 5) is 15.3. The highest BCUT2D eigenvalue weighted by molar-refractivity contribution is 6.42. The van der Waals surface area contributed by atoms with E-state index in [1.165, 1.54) is 23.6 Å². The van der Waals surface area contributed by atoms with Gasteiger partial charge in [-0.05, 0) is 62.3 Å². The van der Waals surface area contributed by atoms with Crippen LogP contribution in [0.1, 0.15) is 23.3 Å². The van der Waals surface area contributed by atoms with E-state index in [2.05, 4.69) is 15.3 Å². The van der Waals surface area contributed by atoms with Gasteiger partial charge in [-0.1, -0.05) is 35.3 Å². The van der Waals surface area contributed by atoms with Gasteiger partial charge >= 0.3 is 0 Å². The lowest BCUT2D eigenvalue weighted by atomic mass is 10.1. The highest BCUT2D eigenvalue weighted by Gasteiger charge is 2.20. The van der Waals surface area contributed by atoms with E-state index in [0.29, 0.717) is 39.2 Å². The minimum Gasteiger partial charge on any atom is -0.349 e. The number of hydrogen-bond donors (Lipinski definition) is 1. The standard InChI is InChI=1S/C22H21Cl2FN4O/c23-17-8-7-15(13-18(17)24)29-21(22(30)26-9-12-28-10-3-4-11-28)14-20(27-29)16-5-1-2-6-19(16)25/h1-2,5-8,13-14H,3-4,9-12H2,(H,26,30). The quantitative estimate of drug-likeness (QED) is 0.590. The fourth-order valence-corrected chi connectivity index (χ4v) is 3.87. The second kappa shape index (κ2) is 9.16. The van der Waals surface area contributed by atoms with E-state index >= 15 is 0 Å². The number of nitrogens with zero attached hydrogens (tertiary/aromatic N) is 3. The van der Waals surface area contributed by atoms with Crippen molar-refractivity contribution >= 4 is 29.1 Å². The lowest BCUT2D eigenvalue weighted by Crippen LogP contribution is -2.34. The second-order valence-corrected chi connectivity index (χ2v) is 8.02. The Morgan fingerprint density at radius 2 is 1.83 bits per heavy atom. The number of amides is 1. The summed E-state index contributed by atoms with van der Waals surface area (Å²) in [6.07, 6.45) is 2.40. The zero-order chi connectivity index (χ0) is 21.1. The molecule has 1 aromatic heterocycles. The second-order valence-electron chi connectivity index (χ2n) is 7.21. The van der Waals surface area contributed by atoms with Crippen molar-refractivity contribution in [3.8, 4) is 16.9 Å². The SMILES string of the molecule is O=C(NCCN1CCCC1)c1cc(-c2ccccc2F)nn1-c1ccc(Cl)c(Cl)c1. The molecule has 1 aliphatic heterocycles. The number of halogens is 3. The van der Waals surface area contributed by atoms with Crippen molar-refractivity contribution in [3.63, 3.8) is 0 Å². The number of likely N-dealkylation sites (tertiary alicyclic amines) is 1. The molecule has 0 radical (unpaired) electrons. The average Bonchev–Trinajstić information content (AvgIpc) is 3.40. The molecule has 0 unspecified atom stereocenters. The molecule has 3 aromatic rings. The van der Waals surface area contributed by atoms with Crippen LogP contribution in [0.2, 0.25) is 10.0 Å². The van der Waals surface area contributed by atoms with Gasteiger partial charge in [-0.3, -0.25) is 4.79 Å². The molecule has 0 spiro atoms. The summed E-state index contributed by atoms with van der Waals surface area (Å²) < 4.78 is 15.8. The lowest BCUT2D eigenvalue weighted by Gasteiger charge is -2.15.